The van der Waals surface area contributed by atoms with Gasteiger partial charge in [0.15, 0.2) is 0 Å². The molecule has 1 rings (SSSR count). The highest BCUT2D eigenvalue weighted by Crippen LogP contribution is 2.07. The summed E-state index contributed by atoms with van der Waals surface area (Å²) in [5, 5.41) is 4.25. The van der Waals surface area contributed by atoms with Crippen molar-refractivity contribution in [2.24, 2.45) is 0 Å². The molecule has 15 heavy (non-hydrogen) atoms. The highest BCUT2D eigenvalue weighted by atomic mass is 16.7. The minimum atomic E-state index is -0.645. The SMILES string of the molecule is CCC(=O)OC1NCCN1OC(=O)CC. The van der Waals surface area contributed by atoms with Crippen LogP contribution in [0.2, 0.25) is 0 Å². The number of ether oxygens (including phenoxy) is 1. The van der Waals surface area contributed by atoms with Crippen molar-refractivity contribution in [2.45, 2.75) is 33.0 Å². The molecule has 1 aliphatic heterocycles. The minimum absolute atomic E-state index is 0.297. The summed E-state index contributed by atoms with van der Waals surface area (Å²) in [7, 11) is 0. The second-order valence-electron chi connectivity index (χ2n) is 3.11. The number of carbonyl (C=O) groups is 2. The summed E-state index contributed by atoms with van der Waals surface area (Å²) in [6.07, 6.45) is -0.0495. The van der Waals surface area contributed by atoms with Crippen LogP contribution in [0, 0.1) is 0 Å². The van der Waals surface area contributed by atoms with E-state index < -0.39 is 6.35 Å². The van der Waals surface area contributed by atoms with Crippen LogP contribution in [0.5, 0.6) is 0 Å². The Morgan fingerprint density at radius 3 is 2.60 bits per heavy atom. The third-order valence-electron chi connectivity index (χ3n) is 1.95. The first-order valence-corrected chi connectivity index (χ1v) is 5.07. The number of carbonyl (C=O) groups excluding carboxylic acids is 2. The van der Waals surface area contributed by atoms with Gasteiger partial charge < -0.3 is 9.57 Å². The molecule has 0 aromatic carbocycles. The molecule has 0 aliphatic carbocycles. The Balaban J connectivity index is 2.42. The van der Waals surface area contributed by atoms with E-state index >= 15 is 0 Å². The fourth-order valence-corrected chi connectivity index (χ4v) is 1.11. The van der Waals surface area contributed by atoms with Crippen LogP contribution < -0.4 is 5.32 Å². The molecule has 1 unspecified atom stereocenters. The molecule has 0 spiro atoms. The zero-order valence-electron chi connectivity index (χ0n) is 8.99. The Morgan fingerprint density at radius 1 is 1.33 bits per heavy atom. The lowest BCUT2D eigenvalue weighted by Gasteiger charge is -2.21. The van der Waals surface area contributed by atoms with E-state index in [9.17, 15) is 9.59 Å². The van der Waals surface area contributed by atoms with Crippen molar-refractivity contribution in [2.75, 3.05) is 13.1 Å². The molecule has 0 aromatic rings. The van der Waals surface area contributed by atoms with Crippen LogP contribution >= 0.6 is 0 Å². The summed E-state index contributed by atoms with van der Waals surface area (Å²) in [5.74, 6) is -0.664. The summed E-state index contributed by atoms with van der Waals surface area (Å²) >= 11 is 0. The normalized spacial score (nSPS) is 21.3. The molecule has 1 heterocycles. The molecule has 6 nitrogen and oxygen atoms in total. The van der Waals surface area contributed by atoms with Gasteiger partial charge in [0.05, 0.1) is 6.54 Å². The van der Waals surface area contributed by atoms with E-state index in [1.165, 1.54) is 5.06 Å². The van der Waals surface area contributed by atoms with Crippen molar-refractivity contribution >= 4 is 11.9 Å². The van der Waals surface area contributed by atoms with E-state index in [1.807, 2.05) is 0 Å². The molecule has 86 valence electrons. The number of rotatable bonds is 4. The van der Waals surface area contributed by atoms with Crippen LogP contribution in [0.1, 0.15) is 26.7 Å². The van der Waals surface area contributed by atoms with Gasteiger partial charge in [-0.05, 0) is 0 Å². The number of hydrogen-bond donors (Lipinski definition) is 1. The first-order chi connectivity index (χ1) is 7.17. The first-order valence-electron chi connectivity index (χ1n) is 5.07. The third-order valence-corrected chi connectivity index (χ3v) is 1.95. The van der Waals surface area contributed by atoms with Gasteiger partial charge in [-0.25, -0.2) is 0 Å². The van der Waals surface area contributed by atoms with Gasteiger partial charge in [0.25, 0.3) is 0 Å². The highest BCUT2D eigenvalue weighted by Gasteiger charge is 2.29. The second kappa shape index (κ2) is 5.67. The third kappa shape index (κ3) is 3.49. The summed E-state index contributed by atoms with van der Waals surface area (Å²) < 4.78 is 5.02. The smallest absolute Gasteiger partial charge is 0.325 e. The summed E-state index contributed by atoms with van der Waals surface area (Å²) in [6.45, 7) is 4.56. The molecular formula is C9H16N2O4. The number of nitrogens with zero attached hydrogens (tertiary/aromatic N) is 1. The van der Waals surface area contributed by atoms with Gasteiger partial charge in [-0.15, -0.1) is 0 Å². The maximum atomic E-state index is 11.0. The predicted molar refractivity (Wildman–Crippen MR) is 51.3 cm³/mol. The van der Waals surface area contributed by atoms with Gasteiger partial charge in [0, 0.05) is 19.4 Å². The van der Waals surface area contributed by atoms with E-state index in [2.05, 4.69) is 5.32 Å². The fourth-order valence-electron chi connectivity index (χ4n) is 1.11. The van der Waals surface area contributed by atoms with Gasteiger partial charge in [0.2, 0.25) is 6.35 Å². The van der Waals surface area contributed by atoms with Gasteiger partial charge >= 0.3 is 11.9 Å². The van der Waals surface area contributed by atoms with Crippen molar-refractivity contribution in [3.05, 3.63) is 0 Å². The Morgan fingerprint density at radius 2 is 2.00 bits per heavy atom. The van der Waals surface area contributed by atoms with E-state index in [-0.39, 0.29) is 11.9 Å². The van der Waals surface area contributed by atoms with Crippen LogP contribution in [0.15, 0.2) is 0 Å². The molecule has 1 fully saturated rings. The zero-order chi connectivity index (χ0) is 11.3. The lowest BCUT2D eigenvalue weighted by molar-refractivity contribution is -0.232. The van der Waals surface area contributed by atoms with Crippen molar-refractivity contribution in [3.63, 3.8) is 0 Å². The van der Waals surface area contributed by atoms with Crippen molar-refractivity contribution in [3.8, 4) is 0 Å². The highest BCUT2D eigenvalue weighted by molar-refractivity contribution is 5.69. The molecule has 1 N–H and O–H groups in total. The molecular weight excluding hydrogens is 200 g/mol. The quantitative estimate of drug-likeness (QED) is 0.667. The standard InChI is InChI=1S/C9H16N2O4/c1-3-7(12)14-9-10-5-6-11(9)15-8(13)4-2/h9-10H,3-6H2,1-2H3. The van der Waals surface area contributed by atoms with Crippen molar-refractivity contribution in [1.29, 1.82) is 0 Å². The van der Waals surface area contributed by atoms with Crippen LogP contribution in [-0.4, -0.2) is 36.4 Å². The molecule has 1 atom stereocenters. The zero-order valence-corrected chi connectivity index (χ0v) is 8.99. The average molecular weight is 216 g/mol. The topological polar surface area (TPSA) is 67.9 Å². The monoisotopic (exact) mass is 216 g/mol. The molecule has 0 radical (unpaired) electrons. The van der Waals surface area contributed by atoms with Crippen LogP contribution in [0.25, 0.3) is 0 Å². The Hall–Kier alpha value is -1.14. The lowest BCUT2D eigenvalue weighted by atomic mass is 10.5. The number of esters is 1. The molecule has 1 aliphatic rings. The van der Waals surface area contributed by atoms with Gasteiger partial charge in [0.1, 0.15) is 0 Å². The lowest BCUT2D eigenvalue weighted by Crippen LogP contribution is -2.40. The van der Waals surface area contributed by atoms with Crippen LogP contribution in [0.3, 0.4) is 0 Å². The molecule has 0 bridgehead atoms. The Labute approximate surface area is 88.5 Å². The predicted octanol–water partition coefficient (Wildman–Crippen LogP) is -0.00340. The van der Waals surface area contributed by atoms with Gasteiger partial charge in [-0.2, -0.15) is 0 Å². The van der Waals surface area contributed by atoms with Gasteiger partial charge in [-0.1, -0.05) is 18.9 Å². The van der Waals surface area contributed by atoms with E-state index in [0.29, 0.717) is 25.9 Å². The first kappa shape index (κ1) is 11.9. The molecule has 0 aromatic heterocycles. The Kier molecular flexibility index (Phi) is 4.51. The summed E-state index contributed by atoms with van der Waals surface area (Å²) in [5.41, 5.74) is 0. The Bertz CT molecular complexity index is 220. The summed E-state index contributed by atoms with van der Waals surface area (Å²) in [6, 6.07) is 0. The molecule has 0 saturated carbocycles. The largest absolute Gasteiger partial charge is 0.430 e. The maximum absolute atomic E-state index is 11.0. The van der Waals surface area contributed by atoms with E-state index in [4.69, 9.17) is 9.57 Å². The summed E-state index contributed by atoms with van der Waals surface area (Å²) in [4.78, 5) is 27.0. The number of nitrogens with one attached hydrogen (secondary N) is 1. The maximum Gasteiger partial charge on any atom is 0.325 e. The van der Waals surface area contributed by atoms with Crippen LogP contribution in [0.4, 0.5) is 0 Å². The van der Waals surface area contributed by atoms with Crippen LogP contribution in [-0.2, 0) is 19.2 Å². The van der Waals surface area contributed by atoms with Crippen molar-refractivity contribution < 1.29 is 19.2 Å². The molecule has 6 heteroatoms. The fraction of sp³-hybridized carbons (Fsp3) is 0.778. The molecule has 0 amide bonds. The second-order valence-corrected chi connectivity index (χ2v) is 3.11. The van der Waals surface area contributed by atoms with Crippen molar-refractivity contribution in [1.82, 2.24) is 10.4 Å². The van der Waals surface area contributed by atoms with E-state index in [1.54, 1.807) is 13.8 Å². The average Bonchev–Trinajstić information content (AvgIpc) is 2.65. The van der Waals surface area contributed by atoms with E-state index in [0.717, 1.165) is 0 Å². The number of hydroxylamine groups is 2. The van der Waals surface area contributed by atoms with Gasteiger partial charge in [-0.3, -0.25) is 14.9 Å². The number of hydrogen-bond acceptors (Lipinski definition) is 6. The molecule has 1 saturated heterocycles. The minimum Gasteiger partial charge on any atom is -0.430 e.